The number of rotatable bonds is 5. The van der Waals surface area contributed by atoms with Crippen molar-refractivity contribution in [3.63, 3.8) is 0 Å². The van der Waals surface area contributed by atoms with Gasteiger partial charge >= 0.3 is 0 Å². The number of hydrogen-bond acceptors (Lipinski definition) is 4. The quantitative estimate of drug-likeness (QED) is 0.773. The lowest BCUT2D eigenvalue weighted by Gasteiger charge is -2.32. The fourth-order valence-corrected chi connectivity index (χ4v) is 3.30. The standard InChI is InChI=1S/C15H22N2O3S/c1-11-5-6-12(21-11)14(19)16-9-13(18)17-10-15(20)7-3-2-4-8-15/h5-6,20H,2-4,7-10H2,1H3,(H,16,19)(H,17,18). The van der Waals surface area contributed by atoms with Crippen LogP contribution >= 0.6 is 11.3 Å². The van der Waals surface area contributed by atoms with Crippen LogP contribution < -0.4 is 10.6 Å². The summed E-state index contributed by atoms with van der Waals surface area (Å²) in [7, 11) is 0. The average Bonchev–Trinajstić information content (AvgIpc) is 2.90. The molecule has 3 N–H and O–H groups in total. The van der Waals surface area contributed by atoms with Crippen molar-refractivity contribution >= 4 is 23.2 Å². The molecule has 0 saturated heterocycles. The van der Waals surface area contributed by atoms with Crippen molar-refractivity contribution in [2.75, 3.05) is 13.1 Å². The lowest BCUT2D eigenvalue weighted by Crippen LogP contribution is -2.46. The minimum absolute atomic E-state index is 0.0636. The number of thiophene rings is 1. The normalized spacial score (nSPS) is 17.2. The minimum Gasteiger partial charge on any atom is -0.388 e. The van der Waals surface area contributed by atoms with Gasteiger partial charge in [-0.1, -0.05) is 19.3 Å². The van der Waals surface area contributed by atoms with Crippen LogP contribution in [0.15, 0.2) is 12.1 Å². The highest BCUT2D eigenvalue weighted by molar-refractivity contribution is 7.13. The Morgan fingerprint density at radius 2 is 1.95 bits per heavy atom. The molecule has 0 atom stereocenters. The van der Waals surface area contributed by atoms with Crippen LogP contribution in [-0.2, 0) is 4.79 Å². The zero-order chi connectivity index (χ0) is 15.3. The Labute approximate surface area is 128 Å². The number of carbonyl (C=O) groups is 2. The van der Waals surface area contributed by atoms with E-state index in [1.165, 1.54) is 11.3 Å². The van der Waals surface area contributed by atoms with Crippen LogP contribution in [0.4, 0.5) is 0 Å². The fraction of sp³-hybridized carbons (Fsp3) is 0.600. The first-order valence-electron chi connectivity index (χ1n) is 7.32. The Morgan fingerprint density at radius 3 is 2.57 bits per heavy atom. The molecule has 1 aromatic heterocycles. The average molecular weight is 310 g/mol. The second kappa shape index (κ2) is 7.04. The number of nitrogens with one attached hydrogen (secondary N) is 2. The summed E-state index contributed by atoms with van der Waals surface area (Å²) in [6.45, 7) is 2.13. The zero-order valence-corrected chi connectivity index (χ0v) is 13.1. The van der Waals surface area contributed by atoms with E-state index in [0.717, 1.165) is 37.0 Å². The zero-order valence-electron chi connectivity index (χ0n) is 12.3. The topological polar surface area (TPSA) is 78.4 Å². The third kappa shape index (κ3) is 4.82. The Hall–Kier alpha value is -1.40. The molecular formula is C15H22N2O3S. The van der Waals surface area contributed by atoms with Crippen LogP contribution in [0.25, 0.3) is 0 Å². The van der Waals surface area contributed by atoms with Gasteiger partial charge in [0.15, 0.2) is 0 Å². The van der Waals surface area contributed by atoms with Gasteiger partial charge in [0.1, 0.15) is 0 Å². The van der Waals surface area contributed by atoms with E-state index in [-0.39, 0.29) is 24.9 Å². The maximum absolute atomic E-state index is 11.8. The Balaban J connectivity index is 1.71. The third-order valence-corrected chi connectivity index (χ3v) is 4.77. The van der Waals surface area contributed by atoms with E-state index in [9.17, 15) is 14.7 Å². The van der Waals surface area contributed by atoms with E-state index in [1.807, 2.05) is 13.0 Å². The molecule has 0 spiro atoms. The Kier molecular flexibility index (Phi) is 5.36. The van der Waals surface area contributed by atoms with Gasteiger partial charge in [-0.15, -0.1) is 11.3 Å². The maximum atomic E-state index is 11.8. The molecule has 5 nitrogen and oxygen atoms in total. The van der Waals surface area contributed by atoms with Crippen LogP contribution in [0.3, 0.4) is 0 Å². The molecule has 21 heavy (non-hydrogen) atoms. The molecule has 1 saturated carbocycles. The lowest BCUT2D eigenvalue weighted by atomic mass is 9.85. The number of amides is 2. The molecule has 2 rings (SSSR count). The molecule has 1 fully saturated rings. The molecule has 0 aromatic carbocycles. The summed E-state index contributed by atoms with van der Waals surface area (Å²) in [5, 5.41) is 15.6. The second-order valence-corrected chi connectivity index (χ2v) is 6.94. The van der Waals surface area contributed by atoms with Gasteiger partial charge in [-0.3, -0.25) is 9.59 Å². The molecule has 1 aliphatic rings. The Morgan fingerprint density at radius 1 is 1.24 bits per heavy atom. The molecule has 0 radical (unpaired) electrons. The molecule has 0 unspecified atom stereocenters. The fourth-order valence-electron chi connectivity index (χ4n) is 2.52. The number of hydrogen-bond donors (Lipinski definition) is 3. The van der Waals surface area contributed by atoms with Gasteiger partial charge in [-0.05, 0) is 31.9 Å². The van der Waals surface area contributed by atoms with Crippen molar-refractivity contribution in [2.45, 2.75) is 44.6 Å². The molecular weight excluding hydrogens is 288 g/mol. The molecule has 6 heteroatoms. The van der Waals surface area contributed by atoms with Crippen molar-refractivity contribution in [3.05, 3.63) is 21.9 Å². The summed E-state index contributed by atoms with van der Waals surface area (Å²) in [5.41, 5.74) is -0.775. The predicted molar refractivity (Wildman–Crippen MR) is 82.4 cm³/mol. The van der Waals surface area contributed by atoms with Gasteiger partial charge in [0.05, 0.1) is 17.0 Å². The summed E-state index contributed by atoms with van der Waals surface area (Å²) in [4.78, 5) is 25.2. The molecule has 1 aromatic rings. The summed E-state index contributed by atoms with van der Waals surface area (Å²) in [5.74, 6) is -0.504. The first-order chi connectivity index (χ1) is 9.98. The van der Waals surface area contributed by atoms with Crippen molar-refractivity contribution < 1.29 is 14.7 Å². The second-order valence-electron chi connectivity index (χ2n) is 5.65. The first-order valence-corrected chi connectivity index (χ1v) is 8.14. The SMILES string of the molecule is Cc1ccc(C(=O)NCC(=O)NCC2(O)CCCCC2)s1. The smallest absolute Gasteiger partial charge is 0.261 e. The van der Waals surface area contributed by atoms with E-state index in [1.54, 1.807) is 6.07 Å². The maximum Gasteiger partial charge on any atom is 0.261 e. The van der Waals surface area contributed by atoms with Gasteiger partial charge in [-0.2, -0.15) is 0 Å². The molecule has 1 aliphatic carbocycles. The van der Waals surface area contributed by atoms with E-state index in [2.05, 4.69) is 10.6 Å². The number of aliphatic hydroxyl groups is 1. The van der Waals surface area contributed by atoms with Crippen LogP contribution in [0.1, 0.15) is 46.7 Å². The van der Waals surface area contributed by atoms with Crippen molar-refractivity contribution in [3.8, 4) is 0 Å². The van der Waals surface area contributed by atoms with Crippen LogP contribution in [0.2, 0.25) is 0 Å². The highest BCUT2D eigenvalue weighted by atomic mass is 32.1. The van der Waals surface area contributed by atoms with Crippen molar-refractivity contribution in [1.29, 1.82) is 0 Å². The van der Waals surface area contributed by atoms with E-state index < -0.39 is 5.60 Å². The van der Waals surface area contributed by atoms with Crippen LogP contribution in [0, 0.1) is 6.92 Å². The number of aryl methyl sites for hydroxylation is 1. The van der Waals surface area contributed by atoms with Gasteiger partial charge in [0.2, 0.25) is 5.91 Å². The van der Waals surface area contributed by atoms with Crippen LogP contribution in [-0.4, -0.2) is 35.6 Å². The largest absolute Gasteiger partial charge is 0.388 e. The lowest BCUT2D eigenvalue weighted by molar-refractivity contribution is -0.121. The third-order valence-electron chi connectivity index (χ3n) is 3.77. The van der Waals surface area contributed by atoms with Gasteiger partial charge < -0.3 is 15.7 Å². The van der Waals surface area contributed by atoms with E-state index in [0.29, 0.717) is 4.88 Å². The van der Waals surface area contributed by atoms with E-state index in [4.69, 9.17) is 0 Å². The highest BCUT2D eigenvalue weighted by Gasteiger charge is 2.29. The predicted octanol–water partition coefficient (Wildman–Crippen LogP) is 1.60. The van der Waals surface area contributed by atoms with Gasteiger partial charge in [0.25, 0.3) is 5.91 Å². The summed E-state index contributed by atoms with van der Waals surface area (Å²) in [6.07, 6.45) is 4.61. The first kappa shape index (κ1) is 16.0. The summed E-state index contributed by atoms with van der Waals surface area (Å²) in [6, 6.07) is 3.62. The van der Waals surface area contributed by atoms with Crippen molar-refractivity contribution in [2.24, 2.45) is 0 Å². The van der Waals surface area contributed by atoms with Crippen LogP contribution in [0.5, 0.6) is 0 Å². The minimum atomic E-state index is -0.775. The number of carbonyl (C=O) groups excluding carboxylic acids is 2. The molecule has 0 aliphatic heterocycles. The van der Waals surface area contributed by atoms with Gasteiger partial charge in [0, 0.05) is 11.4 Å². The highest BCUT2D eigenvalue weighted by Crippen LogP contribution is 2.27. The van der Waals surface area contributed by atoms with Crippen molar-refractivity contribution in [1.82, 2.24) is 10.6 Å². The van der Waals surface area contributed by atoms with Gasteiger partial charge in [-0.25, -0.2) is 0 Å². The Bertz CT molecular complexity index is 507. The monoisotopic (exact) mass is 310 g/mol. The summed E-state index contributed by atoms with van der Waals surface area (Å²) >= 11 is 1.40. The molecule has 0 bridgehead atoms. The van der Waals surface area contributed by atoms with E-state index >= 15 is 0 Å². The molecule has 116 valence electrons. The molecule has 2 amide bonds. The summed E-state index contributed by atoms with van der Waals surface area (Å²) < 4.78 is 0. The molecule has 1 heterocycles.